The molecule has 19 heavy (non-hydrogen) atoms. The number of aromatic nitrogens is 2. The van der Waals surface area contributed by atoms with Crippen LogP contribution >= 0.6 is 11.8 Å². The lowest BCUT2D eigenvalue weighted by atomic mass is 9.90. The SMILES string of the molecule is CSCCC1CC(=O)Nc2c1c(C)nn2CC(=O)O. The molecule has 6 nitrogen and oxygen atoms in total. The van der Waals surface area contributed by atoms with Crippen LogP contribution in [0.2, 0.25) is 0 Å². The van der Waals surface area contributed by atoms with Gasteiger partial charge in [-0.05, 0) is 31.3 Å². The summed E-state index contributed by atoms with van der Waals surface area (Å²) in [6.07, 6.45) is 3.39. The van der Waals surface area contributed by atoms with Gasteiger partial charge in [-0.15, -0.1) is 0 Å². The Morgan fingerprint density at radius 1 is 1.63 bits per heavy atom. The van der Waals surface area contributed by atoms with Crippen LogP contribution in [0.3, 0.4) is 0 Å². The highest BCUT2D eigenvalue weighted by atomic mass is 32.2. The normalized spacial score (nSPS) is 18.0. The molecule has 2 N–H and O–H groups in total. The number of amides is 1. The van der Waals surface area contributed by atoms with Crippen LogP contribution in [0.25, 0.3) is 0 Å². The van der Waals surface area contributed by atoms with Crippen molar-refractivity contribution in [2.75, 3.05) is 17.3 Å². The van der Waals surface area contributed by atoms with Gasteiger partial charge in [0.15, 0.2) is 0 Å². The Morgan fingerprint density at radius 2 is 2.37 bits per heavy atom. The third kappa shape index (κ3) is 2.91. The second-order valence-electron chi connectivity index (χ2n) is 4.63. The highest BCUT2D eigenvalue weighted by Gasteiger charge is 2.31. The molecule has 0 saturated carbocycles. The lowest BCUT2D eigenvalue weighted by molar-refractivity contribution is -0.137. The molecule has 1 aliphatic heterocycles. The maximum absolute atomic E-state index is 11.7. The molecule has 2 heterocycles. The lowest BCUT2D eigenvalue weighted by Crippen LogP contribution is -2.25. The van der Waals surface area contributed by atoms with Crippen molar-refractivity contribution in [2.45, 2.75) is 32.2 Å². The van der Waals surface area contributed by atoms with Gasteiger partial charge in [0.1, 0.15) is 12.4 Å². The quantitative estimate of drug-likeness (QED) is 0.854. The number of carboxylic acid groups (broad SMARTS) is 1. The van der Waals surface area contributed by atoms with Crippen molar-refractivity contribution < 1.29 is 14.7 Å². The summed E-state index contributed by atoms with van der Waals surface area (Å²) < 4.78 is 1.37. The minimum atomic E-state index is -0.967. The summed E-state index contributed by atoms with van der Waals surface area (Å²) in [5.74, 6) is 0.637. The monoisotopic (exact) mass is 283 g/mol. The average molecular weight is 283 g/mol. The van der Waals surface area contributed by atoms with Crippen LogP contribution in [-0.4, -0.2) is 38.8 Å². The van der Waals surface area contributed by atoms with Crippen LogP contribution < -0.4 is 5.32 Å². The standard InChI is InChI=1S/C12H17N3O3S/c1-7-11-8(3-4-19-2)5-9(16)13-12(11)15(14-7)6-10(17)18/h8H,3-6H2,1-2H3,(H,13,16)(H,17,18). The molecule has 1 atom stereocenters. The molecule has 1 amide bonds. The molecule has 1 aliphatic rings. The van der Waals surface area contributed by atoms with Crippen LogP contribution in [0.4, 0.5) is 5.82 Å². The second kappa shape index (κ2) is 5.64. The van der Waals surface area contributed by atoms with Crippen LogP contribution in [0.15, 0.2) is 0 Å². The Labute approximate surface area is 115 Å². The van der Waals surface area contributed by atoms with Crippen molar-refractivity contribution >= 4 is 29.5 Å². The van der Waals surface area contributed by atoms with Crippen LogP contribution in [0.1, 0.15) is 30.0 Å². The first-order chi connectivity index (χ1) is 9.02. The molecule has 7 heteroatoms. The van der Waals surface area contributed by atoms with E-state index in [1.165, 1.54) is 4.68 Å². The highest BCUT2D eigenvalue weighted by molar-refractivity contribution is 7.98. The van der Waals surface area contributed by atoms with Crippen LogP contribution in [0, 0.1) is 6.92 Å². The van der Waals surface area contributed by atoms with Crippen molar-refractivity contribution in [1.82, 2.24) is 9.78 Å². The van der Waals surface area contributed by atoms with Gasteiger partial charge in [-0.3, -0.25) is 9.59 Å². The van der Waals surface area contributed by atoms with E-state index in [1.54, 1.807) is 11.8 Å². The van der Waals surface area contributed by atoms with Gasteiger partial charge < -0.3 is 10.4 Å². The molecular formula is C12H17N3O3S. The van der Waals surface area contributed by atoms with Gasteiger partial charge >= 0.3 is 5.97 Å². The first-order valence-corrected chi connectivity index (χ1v) is 7.50. The van der Waals surface area contributed by atoms with Crippen molar-refractivity contribution in [3.63, 3.8) is 0 Å². The van der Waals surface area contributed by atoms with Gasteiger partial charge in [0.2, 0.25) is 5.91 Å². The maximum atomic E-state index is 11.7. The van der Waals surface area contributed by atoms with E-state index in [1.807, 2.05) is 13.2 Å². The van der Waals surface area contributed by atoms with Crippen molar-refractivity contribution in [1.29, 1.82) is 0 Å². The number of rotatable bonds is 5. The van der Waals surface area contributed by atoms with E-state index in [-0.39, 0.29) is 18.4 Å². The number of hydrogen-bond acceptors (Lipinski definition) is 4. The third-order valence-corrected chi connectivity index (χ3v) is 3.87. The Morgan fingerprint density at radius 3 is 3.00 bits per heavy atom. The van der Waals surface area contributed by atoms with Gasteiger partial charge in [-0.25, -0.2) is 4.68 Å². The Kier molecular flexibility index (Phi) is 4.14. The predicted molar refractivity (Wildman–Crippen MR) is 73.6 cm³/mol. The molecule has 104 valence electrons. The number of anilines is 1. The molecule has 0 spiro atoms. The Bertz CT molecular complexity index is 513. The van der Waals surface area contributed by atoms with Gasteiger partial charge in [-0.1, -0.05) is 0 Å². The molecule has 1 aromatic heterocycles. The van der Waals surface area contributed by atoms with E-state index in [4.69, 9.17) is 5.11 Å². The number of fused-ring (bicyclic) bond motifs is 1. The first kappa shape index (κ1) is 13.9. The van der Waals surface area contributed by atoms with Crippen molar-refractivity contribution in [3.8, 4) is 0 Å². The zero-order chi connectivity index (χ0) is 14.0. The van der Waals surface area contributed by atoms with E-state index >= 15 is 0 Å². The summed E-state index contributed by atoms with van der Waals surface area (Å²) in [4.78, 5) is 22.6. The zero-order valence-corrected chi connectivity index (χ0v) is 11.8. The molecule has 0 radical (unpaired) electrons. The minimum absolute atomic E-state index is 0.0647. The molecule has 1 unspecified atom stereocenters. The van der Waals surface area contributed by atoms with E-state index < -0.39 is 5.97 Å². The summed E-state index contributed by atoms with van der Waals surface area (Å²) in [6.45, 7) is 1.63. The topological polar surface area (TPSA) is 84.2 Å². The fraction of sp³-hybridized carbons (Fsp3) is 0.583. The number of carbonyl (C=O) groups excluding carboxylic acids is 1. The smallest absolute Gasteiger partial charge is 0.325 e. The zero-order valence-electron chi connectivity index (χ0n) is 11.0. The molecule has 0 aromatic carbocycles. The third-order valence-electron chi connectivity index (χ3n) is 3.23. The number of carboxylic acids is 1. The second-order valence-corrected chi connectivity index (χ2v) is 5.62. The number of nitrogens with zero attached hydrogens (tertiary/aromatic N) is 2. The summed E-state index contributed by atoms with van der Waals surface area (Å²) in [7, 11) is 0. The van der Waals surface area contributed by atoms with Gasteiger partial charge in [0, 0.05) is 12.0 Å². The summed E-state index contributed by atoms with van der Waals surface area (Å²) >= 11 is 1.74. The molecule has 0 aliphatic carbocycles. The molecule has 0 saturated heterocycles. The van der Waals surface area contributed by atoms with E-state index in [9.17, 15) is 9.59 Å². The molecule has 0 fully saturated rings. The number of carbonyl (C=O) groups is 2. The van der Waals surface area contributed by atoms with Crippen LogP contribution in [0.5, 0.6) is 0 Å². The lowest BCUT2D eigenvalue weighted by Gasteiger charge is -2.23. The van der Waals surface area contributed by atoms with Gasteiger partial charge in [0.05, 0.1) is 5.69 Å². The first-order valence-electron chi connectivity index (χ1n) is 6.10. The molecule has 2 rings (SSSR count). The number of thioether (sulfide) groups is 1. The Hall–Kier alpha value is -1.50. The Balaban J connectivity index is 2.35. The minimum Gasteiger partial charge on any atom is -0.480 e. The van der Waals surface area contributed by atoms with E-state index in [2.05, 4.69) is 10.4 Å². The van der Waals surface area contributed by atoms with Crippen LogP contribution in [-0.2, 0) is 16.1 Å². The predicted octanol–water partition coefficient (Wildman–Crippen LogP) is 1.46. The number of aryl methyl sites for hydroxylation is 1. The number of nitrogens with one attached hydrogen (secondary N) is 1. The molecule has 0 bridgehead atoms. The summed E-state index contributed by atoms with van der Waals surface area (Å²) in [5, 5.41) is 15.9. The van der Waals surface area contributed by atoms with Gasteiger partial charge in [-0.2, -0.15) is 16.9 Å². The largest absolute Gasteiger partial charge is 0.480 e. The fourth-order valence-electron chi connectivity index (χ4n) is 2.47. The van der Waals surface area contributed by atoms with Crippen molar-refractivity contribution in [3.05, 3.63) is 11.3 Å². The fourth-order valence-corrected chi connectivity index (χ4v) is 2.99. The number of hydrogen-bond donors (Lipinski definition) is 2. The summed E-state index contributed by atoms with van der Waals surface area (Å²) in [5.41, 5.74) is 1.80. The molecular weight excluding hydrogens is 266 g/mol. The van der Waals surface area contributed by atoms with Gasteiger partial charge in [0.25, 0.3) is 0 Å². The van der Waals surface area contributed by atoms with E-state index in [0.29, 0.717) is 12.2 Å². The summed E-state index contributed by atoms with van der Waals surface area (Å²) in [6, 6.07) is 0. The molecule has 1 aromatic rings. The van der Waals surface area contributed by atoms with Crippen molar-refractivity contribution in [2.24, 2.45) is 0 Å². The number of aliphatic carboxylic acids is 1. The average Bonchev–Trinajstić information content (AvgIpc) is 2.62. The van der Waals surface area contributed by atoms with E-state index in [0.717, 1.165) is 23.4 Å². The maximum Gasteiger partial charge on any atom is 0.325 e. The highest BCUT2D eigenvalue weighted by Crippen LogP contribution is 2.37.